The molecule has 3 amide bonds. The van der Waals surface area contributed by atoms with Crippen LogP contribution in [0.15, 0.2) is 47.8 Å². The van der Waals surface area contributed by atoms with Crippen LogP contribution in [0.3, 0.4) is 0 Å². The van der Waals surface area contributed by atoms with Gasteiger partial charge in [0.25, 0.3) is 11.8 Å². The fourth-order valence-electron chi connectivity index (χ4n) is 3.98. The Bertz CT molecular complexity index is 1360. The van der Waals surface area contributed by atoms with E-state index in [9.17, 15) is 27.6 Å². The standard InChI is InChI=1S/C27H27F3N4O5S/c1-38-18-9-10-19-22(14-18)39-13-12-32-24(36)20(4-2-3-11-31-23(19)35)33-25(37)21-15-40-26(34-21)16-5-7-17(8-6-16)27(28,29)30/h5-10,14-15,20H,2-4,11-13H2,1H3,(H,31,35)(H,32,36)(H,33,37)/t20-/m0/s1. The number of benzene rings is 2. The Morgan fingerprint density at radius 2 is 1.88 bits per heavy atom. The van der Waals surface area contributed by atoms with Gasteiger partial charge in [0.05, 0.1) is 24.8 Å². The molecular weight excluding hydrogens is 549 g/mol. The fraction of sp³-hybridized carbons (Fsp3) is 0.333. The van der Waals surface area contributed by atoms with E-state index in [1.165, 1.54) is 24.6 Å². The molecule has 2 heterocycles. The van der Waals surface area contributed by atoms with Crippen molar-refractivity contribution in [3.8, 4) is 22.1 Å². The van der Waals surface area contributed by atoms with Gasteiger partial charge in [-0.1, -0.05) is 12.1 Å². The molecule has 0 unspecified atom stereocenters. The highest BCUT2D eigenvalue weighted by Crippen LogP contribution is 2.32. The maximum absolute atomic E-state index is 12.9. The van der Waals surface area contributed by atoms with Crippen LogP contribution >= 0.6 is 11.3 Å². The second-order valence-electron chi connectivity index (χ2n) is 8.89. The molecule has 1 aliphatic heterocycles. The van der Waals surface area contributed by atoms with Crippen LogP contribution in [-0.2, 0) is 11.0 Å². The molecule has 9 nitrogen and oxygen atoms in total. The predicted octanol–water partition coefficient (Wildman–Crippen LogP) is 4.04. The summed E-state index contributed by atoms with van der Waals surface area (Å²) in [5, 5.41) is 10.1. The van der Waals surface area contributed by atoms with Crippen LogP contribution in [0.5, 0.6) is 11.5 Å². The molecule has 3 N–H and O–H groups in total. The lowest BCUT2D eigenvalue weighted by atomic mass is 10.1. The molecule has 0 fully saturated rings. The molecule has 1 aliphatic rings. The number of hydrogen-bond acceptors (Lipinski definition) is 7. The third-order valence-electron chi connectivity index (χ3n) is 6.12. The summed E-state index contributed by atoms with van der Waals surface area (Å²) >= 11 is 1.11. The summed E-state index contributed by atoms with van der Waals surface area (Å²) in [6.07, 6.45) is -3.03. The van der Waals surface area contributed by atoms with Gasteiger partial charge in [-0.15, -0.1) is 11.3 Å². The lowest BCUT2D eigenvalue weighted by Crippen LogP contribution is -2.47. The topological polar surface area (TPSA) is 119 Å². The van der Waals surface area contributed by atoms with Gasteiger partial charge in [-0.3, -0.25) is 14.4 Å². The molecule has 0 spiro atoms. The maximum atomic E-state index is 12.9. The average Bonchev–Trinajstić information content (AvgIpc) is 3.44. The first-order valence-corrected chi connectivity index (χ1v) is 13.3. The molecule has 3 aromatic rings. The van der Waals surface area contributed by atoms with Crippen LogP contribution < -0.4 is 25.4 Å². The van der Waals surface area contributed by atoms with Gasteiger partial charge >= 0.3 is 6.18 Å². The monoisotopic (exact) mass is 576 g/mol. The highest BCUT2D eigenvalue weighted by atomic mass is 32.1. The van der Waals surface area contributed by atoms with E-state index in [1.807, 2.05) is 0 Å². The number of aromatic nitrogens is 1. The maximum Gasteiger partial charge on any atom is 0.416 e. The highest BCUT2D eigenvalue weighted by molar-refractivity contribution is 7.13. The van der Waals surface area contributed by atoms with E-state index in [1.54, 1.807) is 18.2 Å². The number of methoxy groups -OCH3 is 1. The number of rotatable bonds is 4. The van der Waals surface area contributed by atoms with Crippen molar-refractivity contribution in [3.63, 3.8) is 0 Å². The Kier molecular flexibility index (Phi) is 9.25. The van der Waals surface area contributed by atoms with Gasteiger partial charge in [-0.05, 0) is 43.5 Å². The Hall–Kier alpha value is -4.13. The van der Waals surface area contributed by atoms with Crippen molar-refractivity contribution in [1.82, 2.24) is 20.9 Å². The number of carbonyl (C=O) groups excluding carboxylic acids is 3. The summed E-state index contributed by atoms with van der Waals surface area (Å²) in [7, 11) is 1.50. The van der Waals surface area contributed by atoms with Gasteiger partial charge in [0.15, 0.2) is 0 Å². The van der Waals surface area contributed by atoms with E-state index >= 15 is 0 Å². The summed E-state index contributed by atoms with van der Waals surface area (Å²) in [5.41, 5.74) is 0.0649. The van der Waals surface area contributed by atoms with Crippen LogP contribution in [0.4, 0.5) is 13.2 Å². The number of ether oxygens (including phenoxy) is 2. The first-order valence-electron chi connectivity index (χ1n) is 12.5. The number of fused-ring (bicyclic) bond motifs is 1. The first kappa shape index (κ1) is 28.9. The molecule has 212 valence electrons. The van der Waals surface area contributed by atoms with Crippen molar-refractivity contribution in [2.45, 2.75) is 31.5 Å². The van der Waals surface area contributed by atoms with Gasteiger partial charge in [-0.2, -0.15) is 13.2 Å². The van der Waals surface area contributed by atoms with E-state index < -0.39 is 29.6 Å². The second-order valence-corrected chi connectivity index (χ2v) is 9.75. The summed E-state index contributed by atoms with van der Waals surface area (Å²) in [5.74, 6) is -0.442. The van der Waals surface area contributed by atoms with Gasteiger partial charge in [0.1, 0.15) is 34.8 Å². The van der Waals surface area contributed by atoms with Crippen molar-refractivity contribution in [1.29, 1.82) is 0 Å². The highest BCUT2D eigenvalue weighted by Gasteiger charge is 2.30. The number of carbonyl (C=O) groups is 3. The van der Waals surface area contributed by atoms with E-state index in [2.05, 4.69) is 20.9 Å². The van der Waals surface area contributed by atoms with Gasteiger partial charge in [-0.25, -0.2) is 4.98 Å². The Morgan fingerprint density at radius 1 is 1.10 bits per heavy atom. The minimum Gasteiger partial charge on any atom is -0.497 e. The van der Waals surface area contributed by atoms with Gasteiger partial charge in [0.2, 0.25) is 5.91 Å². The molecule has 0 saturated heterocycles. The van der Waals surface area contributed by atoms with E-state index in [4.69, 9.17) is 9.47 Å². The molecule has 0 aliphatic carbocycles. The molecule has 4 rings (SSSR count). The van der Waals surface area contributed by atoms with Crippen molar-refractivity contribution in [3.05, 3.63) is 64.7 Å². The zero-order valence-corrected chi connectivity index (χ0v) is 22.3. The molecule has 2 aromatic carbocycles. The normalized spacial score (nSPS) is 16.9. The molecule has 0 radical (unpaired) electrons. The number of halogens is 3. The number of amides is 3. The number of alkyl halides is 3. The van der Waals surface area contributed by atoms with Gasteiger partial charge < -0.3 is 25.4 Å². The summed E-state index contributed by atoms with van der Waals surface area (Å²) in [6.45, 7) is 0.551. The lowest BCUT2D eigenvalue weighted by Gasteiger charge is -2.19. The van der Waals surface area contributed by atoms with Crippen molar-refractivity contribution in [2.24, 2.45) is 0 Å². The quantitative estimate of drug-likeness (QED) is 0.432. The van der Waals surface area contributed by atoms with Crippen LogP contribution in [0.1, 0.15) is 45.7 Å². The molecule has 1 aromatic heterocycles. The van der Waals surface area contributed by atoms with Crippen LogP contribution in [0.2, 0.25) is 0 Å². The van der Waals surface area contributed by atoms with Crippen LogP contribution in [0, 0.1) is 0 Å². The van der Waals surface area contributed by atoms with Crippen LogP contribution in [-0.4, -0.2) is 55.6 Å². The van der Waals surface area contributed by atoms with Crippen molar-refractivity contribution >= 4 is 29.1 Å². The predicted molar refractivity (Wildman–Crippen MR) is 141 cm³/mol. The third-order valence-corrected chi connectivity index (χ3v) is 7.01. The molecular formula is C27H27F3N4O5S. The largest absolute Gasteiger partial charge is 0.497 e. The van der Waals surface area contributed by atoms with Crippen molar-refractivity contribution < 1.29 is 37.0 Å². The molecule has 40 heavy (non-hydrogen) atoms. The number of hydrogen-bond donors (Lipinski definition) is 3. The number of nitrogens with zero attached hydrogens (tertiary/aromatic N) is 1. The number of nitrogens with one attached hydrogen (secondary N) is 3. The summed E-state index contributed by atoms with van der Waals surface area (Å²) in [6, 6.07) is 8.50. The zero-order valence-electron chi connectivity index (χ0n) is 21.5. The minimum atomic E-state index is -4.45. The number of thiazole rings is 1. The molecule has 13 heteroatoms. The molecule has 0 bridgehead atoms. The minimum absolute atomic E-state index is 0.0493. The smallest absolute Gasteiger partial charge is 0.416 e. The Morgan fingerprint density at radius 3 is 2.60 bits per heavy atom. The third kappa shape index (κ3) is 7.29. The summed E-state index contributed by atoms with van der Waals surface area (Å²) in [4.78, 5) is 42.7. The Labute approximate surface area is 232 Å². The Balaban J connectivity index is 1.41. The van der Waals surface area contributed by atoms with E-state index in [0.717, 1.165) is 23.5 Å². The fourth-order valence-corrected chi connectivity index (χ4v) is 4.79. The second kappa shape index (κ2) is 12.8. The molecule has 0 saturated carbocycles. The van der Waals surface area contributed by atoms with Crippen LogP contribution in [0.25, 0.3) is 10.6 Å². The van der Waals surface area contributed by atoms with Crippen molar-refractivity contribution in [2.75, 3.05) is 26.8 Å². The van der Waals surface area contributed by atoms with Gasteiger partial charge in [0, 0.05) is 23.6 Å². The van der Waals surface area contributed by atoms with E-state index in [0.29, 0.717) is 53.4 Å². The lowest BCUT2D eigenvalue weighted by molar-refractivity contribution is -0.137. The average molecular weight is 577 g/mol. The zero-order chi connectivity index (χ0) is 28.7. The molecule has 1 atom stereocenters. The van der Waals surface area contributed by atoms with E-state index in [-0.39, 0.29) is 24.8 Å². The SMILES string of the molecule is COc1ccc2c(c1)OCCNC(=O)[C@@H](NC(=O)c1csc(-c3ccc(C(F)(F)F)cc3)n1)CCCCNC2=O. The first-order chi connectivity index (χ1) is 19.2. The summed E-state index contributed by atoms with van der Waals surface area (Å²) < 4.78 is 49.5.